The number of hydrogen-bond acceptors (Lipinski definition) is 3. The zero-order chi connectivity index (χ0) is 15.8. The molecule has 4 nitrogen and oxygen atoms in total. The molecule has 4 heteroatoms. The van der Waals surface area contributed by atoms with Crippen LogP contribution in [0, 0.1) is 0 Å². The SMILES string of the molecule is O=C(NC[C@@H](CCO)c1ccccc1)[C@H](O)c1ccccc1. The molecule has 2 rings (SSSR count). The molecule has 0 aromatic heterocycles. The lowest BCUT2D eigenvalue weighted by Crippen LogP contribution is -2.33. The van der Waals surface area contributed by atoms with Crippen molar-refractivity contribution in [2.45, 2.75) is 18.4 Å². The average Bonchev–Trinajstić information content (AvgIpc) is 2.59. The highest BCUT2D eigenvalue weighted by Gasteiger charge is 2.19. The number of carbonyl (C=O) groups excluding carboxylic acids is 1. The first-order valence-corrected chi connectivity index (χ1v) is 7.39. The summed E-state index contributed by atoms with van der Waals surface area (Å²) in [5, 5.41) is 22.0. The Morgan fingerprint density at radius 3 is 2.05 bits per heavy atom. The highest BCUT2D eigenvalue weighted by atomic mass is 16.3. The van der Waals surface area contributed by atoms with Crippen molar-refractivity contribution in [1.82, 2.24) is 5.32 Å². The molecule has 2 aromatic carbocycles. The zero-order valence-electron chi connectivity index (χ0n) is 12.4. The molecule has 0 aliphatic rings. The van der Waals surface area contributed by atoms with Gasteiger partial charge in [-0.1, -0.05) is 60.7 Å². The molecule has 0 saturated heterocycles. The van der Waals surface area contributed by atoms with E-state index in [0.29, 0.717) is 18.5 Å². The van der Waals surface area contributed by atoms with Crippen molar-refractivity contribution in [3.63, 3.8) is 0 Å². The molecular formula is C18H21NO3. The van der Waals surface area contributed by atoms with E-state index >= 15 is 0 Å². The Balaban J connectivity index is 1.96. The molecular weight excluding hydrogens is 278 g/mol. The predicted molar refractivity (Wildman–Crippen MR) is 85.3 cm³/mol. The summed E-state index contributed by atoms with van der Waals surface area (Å²) in [6, 6.07) is 18.6. The van der Waals surface area contributed by atoms with Gasteiger partial charge in [-0.05, 0) is 17.5 Å². The summed E-state index contributed by atoms with van der Waals surface area (Å²) < 4.78 is 0. The maximum absolute atomic E-state index is 12.1. The smallest absolute Gasteiger partial charge is 0.253 e. The van der Waals surface area contributed by atoms with Crippen molar-refractivity contribution >= 4 is 5.91 Å². The molecule has 0 unspecified atom stereocenters. The molecule has 0 radical (unpaired) electrons. The highest BCUT2D eigenvalue weighted by Crippen LogP contribution is 2.19. The summed E-state index contributed by atoms with van der Waals surface area (Å²) in [6.07, 6.45) is -0.613. The number of carbonyl (C=O) groups is 1. The minimum atomic E-state index is -1.17. The molecule has 0 heterocycles. The Bertz CT molecular complexity index is 571. The fourth-order valence-electron chi connectivity index (χ4n) is 2.37. The van der Waals surface area contributed by atoms with Gasteiger partial charge in [0.05, 0.1) is 0 Å². The van der Waals surface area contributed by atoms with Crippen LogP contribution in [0.5, 0.6) is 0 Å². The van der Waals surface area contributed by atoms with E-state index in [1.54, 1.807) is 24.3 Å². The van der Waals surface area contributed by atoms with Crippen molar-refractivity contribution in [3.8, 4) is 0 Å². The average molecular weight is 299 g/mol. The van der Waals surface area contributed by atoms with Gasteiger partial charge in [0.25, 0.3) is 5.91 Å². The van der Waals surface area contributed by atoms with Gasteiger partial charge in [0.1, 0.15) is 0 Å². The second kappa shape index (κ2) is 8.32. The predicted octanol–water partition coefficient (Wildman–Crippen LogP) is 2.00. The molecule has 2 atom stereocenters. The second-order valence-corrected chi connectivity index (χ2v) is 5.18. The van der Waals surface area contributed by atoms with Gasteiger partial charge >= 0.3 is 0 Å². The normalized spacial score (nSPS) is 13.4. The van der Waals surface area contributed by atoms with Gasteiger partial charge in [0.15, 0.2) is 6.10 Å². The molecule has 3 N–H and O–H groups in total. The Kier molecular flexibility index (Phi) is 6.13. The number of rotatable bonds is 7. The molecule has 116 valence electrons. The lowest BCUT2D eigenvalue weighted by molar-refractivity contribution is -0.129. The van der Waals surface area contributed by atoms with E-state index in [-0.39, 0.29) is 12.5 Å². The first-order valence-electron chi connectivity index (χ1n) is 7.39. The molecule has 1 amide bonds. The van der Waals surface area contributed by atoms with Crippen molar-refractivity contribution in [1.29, 1.82) is 0 Å². The van der Waals surface area contributed by atoms with Gasteiger partial charge in [0.2, 0.25) is 0 Å². The number of aliphatic hydroxyl groups is 2. The maximum atomic E-state index is 12.1. The Hall–Kier alpha value is -2.17. The van der Waals surface area contributed by atoms with E-state index in [0.717, 1.165) is 5.56 Å². The molecule has 0 spiro atoms. The highest BCUT2D eigenvalue weighted by molar-refractivity contribution is 5.81. The summed E-state index contributed by atoms with van der Waals surface area (Å²) in [4.78, 5) is 12.1. The van der Waals surface area contributed by atoms with Crippen molar-refractivity contribution in [2.75, 3.05) is 13.2 Å². The van der Waals surface area contributed by atoms with Gasteiger partial charge in [-0.15, -0.1) is 0 Å². The topological polar surface area (TPSA) is 69.6 Å². The van der Waals surface area contributed by atoms with Gasteiger partial charge in [-0.2, -0.15) is 0 Å². The first-order chi connectivity index (χ1) is 10.7. The lowest BCUT2D eigenvalue weighted by atomic mass is 9.96. The minimum Gasteiger partial charge on any atom is -0.396 e. The van der Waals surface area contributed by atoms with Crippen LogP contribution in [-0.4, -0.2) is 29.3 Å². The van der Waals surface area contributed by atoms with Crippen LogP contribution in [0.3, 0.4) is 0 Å². The summed E-state index contributed by atoms with van der Waals surface area (Å²) in [5.74, 6) is -0.400. The molecule has 0 aliphatic heterocycles. The molecule has 0 fully saturated rings. The number of hydrogen-bond donors (Lipinski definition) is 3. The quantitative estimate of drug-likeness (QED) is 0.732. The van der Waals surface area contributed by atoms with Crippen molar-refractivity contribution < 1.29 is 15.0 Å². The number of benzene rings is 2. The fourth-order valence-corrected chi connectivity index (χ4v) is 2.37. The van der Waals surface area contributed by atoms with Crippen LogP contribution in [-0.2, 0) is 4.79 Å². The maximum Gasteiger partial charge on any atom is 0.253 e. The standard InChI is InChI=1S/C18H21NO3/c20-12-11-16(14-7-3-1-4-8-14)13-19-18(22)17(21)15-9-5-2-6-10-15/h1-10,16-17,20-21H,11-13H2,(H,19,22)/t16-,17-/m1/s1. The second-order valence-electron chi connectivity index (χ2n) is 5.18. The fraction of sp³-hybridized carbons (Fsp3) is 0.278. The Morgan fingerprint density at radius 2 is 1.50 bits per heavy atom. The number of nitrogens with one attached hydrogen (secondary N) is 1. The third-order valence-electron chi connectivity index (χ3n) is 3.63. The van der Waals surface area contributed by atoms with Gasteiger partial charge in [0, 0.05) is 19.1 Å². The van der Waals surface area contributed by atoms with Gasteiger partial charge in [-0.3, -0.25) is 4.79 Å². The largest absolute Gasteiger partial charge is 0.396 e. The van der Waals surface area contributed by atoms with E-state index in [4.69, 9.17) is 0 Å². The van der Waals surface area contributed by atoms with E-state index in [9.17, 15) is 15.0 Å². The van der Waals surface area contributed by atoms with Crippen LogP contribution >= 0.6 is 0 Å². The molecule has 22 heavy (non-hydrogen) atoms. The van der Waals surface area contributed by atoms with E-state index in [1.807, 2.05) is 36.4 Å². The van der Waals surface area contributed by atoms with Crippen molar-refractivity contribution in [2.24, 2.45) is 0 Å². The van der Waals surface area contributed by atoms with Crippen LogP contribution in [0.25, 0.3) is 0 Å². The molecule has 0 bridgehead atoms. The summed E-state index contributed by atoms with van der Waals surface area (Å²) in [5.41, 5.74) is 1.63. The van der Waals surface area contributed by atoms with E-state index in [2.05, 4.69) is 5.32 Å². The number of amides is 1. The summed E-state index contributed by atoms with van der Waals surface area (Å²) in [7, 11) is 0. The van der Waals surface area contributed by atoms with Gasteiger partial charge < -0.3 is 15.5 Å². The molecule has 0 aliphatic carbocycles. The third-order valence-corrected chi connectivity index (χ3v) is 3.63. The van der Waals surface area contributed by atoms with Crippen LogP contribution in [0.1, 0.15) is 29.6 Å². The van der Waals surface area contributed by atoms with Crippen LogP contribution in [0.4, 0.5) is 0 Å². The third kappa shape index (κ3) is 4.41. The van der Waals surface area contributed by atoms with Crippen molar-refractivity contribution in [3.05, 3.63) is 71.8 Å². The molecule has 2 aromatic rings. The molecule has 0 saturated carbocycles. The monoisotopic (exact) mass is 299 g/mol. The Morgan fingerprint density at radius 1 is 0.955 bits per heavy atom. The minimum absolute atomic E-state index is 0.0260. The lowest BCUT2D eigenvalue weighted by Gasteiger charge is -2.18. The number of aliphatic hydroxyl groups excluding tert-OH is 2. The van der Waals surface area contributed by atoms with E-state index in [1.165, 1.54) is 0 Å². The summed E-state index contributed by atoms with van der Waals surface area (Å²) >= 11 is 0. The Labute approximate surface area is 130 Å². The first kappa shape index (κ1) is 16.2. The van der Waals surface area contributed by atoms with Crippen LogP contribution in [0.2, 0.25) is 0 Å². The van der Waals surface area contributed by atoms with Crippen LogP contribution in [0.15, 0.2) is 60.7 Å². The van der Waals surface area contributed by atoms with Gasteiger partial charge in [-0.25, -0.2) is 0 Å². The van der Waals surface area contributed by atoms with E-state index < -0.39 is 12.0 Å². The zero-order valence-corrected chi connectivity index (χ0v) is 12.4. The summed E-state index contributed by atoms with van der Waals surface area (Å²) in [6.45, 7) is 0.434. The van der Waals surface area contributed by atoms with Crippen LogP contribution < -0.4 is 5.32 Å².